The lowest BCUT2D eigenvalue weighted by Crippen LogP contribution is -2.24. The second-order valence-corrected chi connectivity index (χ2v) is 12.0. The summed E-state index contributed by atoms with van der Waals surface area (Å²) in [5.74, 6) is 1.45. The first-order valence-electron chi connectivity index (χ1n) is 13.1. The Hall–Kier alpha value is -2.86. The Bertz CT molecular complexity index is 1590. The highest BCUT2D eigenvalue weighted by atomic mass is 14.4. The maximum atomic E-state index is 2.57. The molecule has 0 fully saturated rings. The molecular formula is C34H36. The zero-order chi connectivity index (χ0) is 24.1. The second-order valence-electron chi connectivity index (χ2n) is 12.0. The van der Waals surface area contributed by atoms with Crippen LogP contribution in [0, 0.1) is 0 Å². The van der Waals surface area contributed by atoms with E-state index in [0.717, 1.165) is 0 Å². The molecule has 0 nitrogen and oxygen atoms in total. The van der Waals surface area contributed by atoms with Gasteiger partial charge in [0.05, 0.1) is 0 Å². The van der Waals surface area contributed by atoms with Gasteiger partial charge in [0.2, 0.25) is 0 Å². The van der Waals surface area contributed by atoms with Gasteiger partial charge in [0, 0.05) is 5.41 Å². The molecule has 0 saturated carbocycles. The number of benzene rings is 5. The van der Waals surface area contributed by atoms with Crippen molar-refractivity contribution >= 4 is 32.3 Å². The van der Waals surface area contributed by atoms with Crippen molar-refractivity contribution < 1.29 is 0 Å². The van der Waals surface area contributed by atoms with Gasteiger partial charge >= 0.3 is 0 Å². The topological polar surface area (TPSA) is 0 Å². The molecular weight excluding hydrogens is 408 g/mol. The van der Waals surface area contributed by atoms with E-state index >= 15 is 0 Å². The van der Waals surface area contributed by atoms with E-state index in [1.54, 1.807) is 0 Å². The molecule has 0 spiro atoms. The highest BCUT2D eigenvalue weighted by Gasteiger charge is 2.35. The third kappa shape index (κ3) is 2.66. The fraction of sp³-hybridized carbons (Fsp3) is 0.353. The molecule has 0 radical (unpaired) electrons. The third-order valence-corrected chi connectivity index (χ3v) is 8.53. The summed E-state index contributed by atoms with van der Waals surface area (Å²) in [4.78, 5) is 0. The molecule has 34 heavy (non-hydrogen) atoms. The van der Waals surface area contributed by atoms with Crippen LogP contribution in [0.2, 0.25) is 0 Å². The molecule has 0 atom stereocenters. The summed E-state index contributed by atoms with van der Waals surface area (Å²) < 4.78 is 0. The van der Waals surface area contributed by atoms with Gasteiger partial charge in [0.15, 0.2) is 0 Å². The van der Waals surface area contributed by atoms with Crippen LogP contribution < -0.4 is 0 Å². The lowest BCUT2D eigenvalue weighted by Gasteiger charge is -2.37. The minimum Gasteiger partial charge on any atom is -0.0619 e. The van der Waals surface area contributed by atoms with Gasteiger partial charge in [-0.1, -0.05) is 97.9 Å². The van der Waals surface area contributed by atoms with E-state index < -0.39 is 0 Å². The fourth-order valence-corrected chi connectivity index (χ4v) is 6.73. The predicted molar refractivity (Wildman–Crippen MR) is 150 cm³/mol. The lowest BCUT2D eigenvalue weighted by molar-refractivity contribution is 0.646. The second kappa shape index (κ2) is 7.08. The van der Waals surface area contributed by atoms with Gasteiger partial charge in [-0.15, -0.1) is 0 Å². The molecule has 0 heteroatoms. The molecule has 0 aromatic heterocycles. The molecule has 5 aromatic carbocycles. The van der Waals surface area contributed by atoms with Crippen molar-refractivity contribution in [1.82, 2.24) is 0 Å². The zero-order valence-corrected chi connectivity index (χ0v) is 21.9. The minimum absolute atomic E-state index is 0.0410. The smallest absolute Gasteiger partial charge is 0.0159 e. The highest BCUT2D eigenvalue weighted by Crippen LogP contribution is 2.54. The lowest BCUT2D eigenvalue weighted by atomic mass is 9.66. The van der Waals surface area contributed by atoms with Gasteiger partial charge in [-0.2, -0.15) is 0 Å². The SMILES string of the molecule is CC(C)c1cc(C(C)C)c2cc3c4c(cc(C(C)C)c5ccc1c2c54)-c1ccccc1C3(C)C. The molecule has 0 aliphatic heterocycles. The van der Waals surface area contributed by atoms with Crippen molar-refractivity contribution in [3.05, 3.63) is 82.4 Å². The standard InChI is InChI=1S/C34H36/c1-18(2)24-15-26(20(5)6)28-17-30-32-27(21-11-9-10-12-29(21)34(30,7)8)16-25(19(3)4)23-14-13-22(24)31(28)33(23)32/h9-20H,1-8H3. The molecule has 0 N–H and O–H groups in total. The molecule has 0 amide bonds. The van der Waals surface area contributed by atoms with E-state index in [0.29, 0.717) is 17.8 Å². The summed E-state index contributed by atoms with van der Waals surface area (Å²) in [6.45, 7) is 18.9. The summed E-state index contributed by atoms with van der Waals surface area (Å²) in [5, 5.41) is 8.82. The van der Waals surface area contributed by atoms with E-state index in [1.165, 1.54) is 71.3 Å². The molecule has 5 aromatic rings. The molecule has 0 bridgehead atoms. The van der Waals surface area contributed by atoms with Crippen LogP contribution in [0.3, 0.4) is 0 Å². The van der Waals surface area contributed by atoms with Crippen molar-refractivity contribution in [3.63, 3.8) is 0 Å². The Morgan fingerprint density at radius 3 is 1.71 bits per heavy atom. The van der Waals surface area contributed by atoms with Gasteiger partial charge in [-0.3, -0.25) is 0 Å². The Balaban J connectivity index is 1.98. The maximum absolute atomic E-state index is 2.57. The predicted octanol–water partition coefficient (Wildman–Crippen LogP) is 10.3. The van der Waals surface area contributed by atoms with Crippen LogP contribution in [-0.4, -0.2) is 0 Å². The Kier molecular flexibility index (Phi) is 4.51. The minimum atomic E-state index is -0.0410. The maximum Gasteiger partial charge on any atom is 0.0159 e. The highest BCUT2D eigenvalue weighted by molar-refractivity contribution is 6.29. The van der Waals surface area contributed by atoms with Crippen LogP contribution in [0.5, 0.6) is 0 Å². The van der Waals surface area contributed by atoms with E-state index in [-0.39, 0.29) is 5.41 Å². The van der Waals surface area contributed by atoms with Crippen molar-refractivity contribution in [1.29, 1.82) is 0 Å². The molecule has 0 heterocycles. The van der Waals surface area contributed by atoms with Crippen LogP contribution in [0.25, 0.3) is 43.4 Å². The third-order valence-electron chi connectivity index (χ3n) is 8.53. The quantitative estimate of drug-likeness (QED) is 0.243. The first-order chi connectivity index (χ1) is 16.1. The van der Waals surface area contributed by atoms with Gasteiger partial charge < -0.3 is 0 Å². The molecule has 1 aliphatic carbocycles. The van der Waals surface area contributed by atoms with E-state index in [4.69, 9.17) is 0 Å². The average molecular weight is 445 g/mol. The summed E-state index contributed by atoms with van der Waals surface area (Å²) in [6, 6.07) is 21.5. The van der Waals surface area contributed by atoms with Crippen molar-refractivity contribution in [2.24, 2.45) is 0 Å². The Morgan fingerprint density at radius 1 is 0.500 bits per heavy atom. The van der Waals surface area contributed by atoms with Crippen LogP contribution in [0.1, 0.15) is 101 Å². The number of hydrogen-bond acceptors (Lipinski definition) is 0. The summed E-state index contributed by atoms with van der Waals surface area (Å²) in [7, 11) is 0. The monoisotopic (exact) mass is 444 g/mol. The van der Waals surface area contributed by atoms with Gasteiger partial charge in [0.25, 0.3) is 0 Å². The number of rotatable bonds is 3. The Morgan fingerprint density at radius 2 is 1.06 bits per heavy atom. The molecule has 1 aliphatic rings. The van der Waals surface area contributed by atoms with E-state index in [9.17, 15) is 0 Å². The number of fused-ring (bicyclic) bond motifs is 2. The normalized spacial score (nSPS) is 14.9. The molecule has 6 rings (SSSR count). The van der Waals surface area contributed by atoms with Gasteiger partial charge in [-0.05, 0) is 101 Å². The van der Waals surface area contributed by atoms with Crippen molar-refractivity contribution in [2.45, 2.75) is 78.6 Å². The van der Waals surface area contributed by atoms with E-state index in [2.05, 4.69) is 110 Å². The van der Waals surface area contributed by atoms with Crippen LogP contribution in [0.15, 0.2) is 54.6 Å². The first kappa shape index (κ1) is 21.7. The van der Waals surface area contributed by atoms with Gasteiger partial charge in [-0.25, -0.2) is 0 Å². The molecule has 172 valence electrons. The largest absolute Gasteiger partial charge is 0.0619 e. The molecule has 0 saturated heterocycles. The van der Waals surface area contributed by atoms with Crippen LogP contribution in [0.4, 0.5) is 0 Å². The van der Waals surface area contributed by atoms with Crippen LogP contribution in [-0.2, 0) is 5.41 Å². The van der Waals surface area contributed by atoms with E-state index in [1.807, 2.05) is 0 Å². The fourth-order valence-electron chi connectivity index (χ4n) is 6.73. The summed E-state index contributed by atoms with van der Waals surface area (Å²) >= 11 is 0. The van der Waals surface area contributed by atoms with Gasteiger partial charge in [0.1, 0.15) is 0 Å². The summed E-state index contributed by atoms with van der Waals surface area (Å²) in [6.07, 6.45) is 0. The first-order valence-corrected chi connectivity index (χ1v) is 13.1. The summed E-state index contributed by atoms with van der Waals surface area (Å²) in [5.41, 5.74) is 10.2. The zero-order valence-electron chi connectivity index (χ0n) is 21.9. The van der Waals surface area contributed by atoms with Crippen LogP contribution >= 0.6 is 0 Å². The van der Waals surface area contributed by atoms with Crippen molar-refractivity contribution in [3.8, 4) is 11.1 Å². The Labute approximate surface area is 204 Å². The van der Waals surface area contributed by atoms with Crippen molar-refractivity contribution in [2.75, 3.05) is 0 Å². The molecule has 0 unspecified atom stereocenters. The number of hydrogen-bond donors (Lipinski definition) is 0. The average Bonchev–Trinajstić information content (AvgIpc) is 2.80.